The Morgan fingerprint density at radius 2 is 2.05 bits per heavy atom. The van der Waals surface area contributed by atoms with E-state index in [0.717, 1.165) is 37.3 Å². The van der Waals surface area contributed by atoms with Gasteiger partial charge < -0.3 is 20.1 Å². The van der Waals surface area contributed by atoms with Gasteiger partial charge in [0, 0.05) is 13.1 Å². The fraction of sp³-hybridized carbons (Fsp3) is 0.588. The van der Waals surface area contributed by atoms with E-state index in [2.05, 4.69) is 10.2 Å². The highest BCUT2D eigenvalue weighted by atomic mass is 16.5. The quantitative estimate of drug-likeness (QED) is 0.847. The number of piperidine rings is 1. The lowest BCUT2D eigenvalue weighted by atomic mass is 10.1. The van der Waals surface area contributed by atoms with Gasteiger partial charge in [0.15, 0.2) is 0 Å². The molecule has 2 N–H and O–H groups in total. The molecule has 0 radical (unpaired) electrons. The van der Waals surface area contributed by atoms with E-state index >= 15 is 0 Å². The number of carbonyl (C=O) groups excluding carboxylic acids is 1. The molecule has 1 aliphatic heterocycles. The van der Waals surface area contributed by atoms with E-state index in [1.54, 1.807) is 0 Å². The lowest BCUT2D eigenvalue weighted by Gasteiger charge is -2.32. The minimum absolute atomic E-state index is 0.0369. The van der Waals surface area contributed by atoms with Crippen molar-refractivity contribution in [2.45, 2.75) is 45.3 Å². The molecule has 1 aromatic rings. The summed E-state index contributed by atoms with van der Waals surface area (Å²) >= 11 is 0. The maximum absolute atomic E-state index is 12.0. The van der Waals surface area contributed by atoms with Crippen LogP contribution in [-0.2, 0) is 9.53 Å². The van der Waals surface area contributed by atoms with Crippen LogP contribution >= 0.6 is 0 Å². The Bertz CT molecular complexity index is 483. The van der Waals surface area contributed by atoms with Crippen LogP contribution in [0, 0.1) is 0 Å². The van der Waals surface area contributed by atoms with Crippen LogP contribution in [0.4, 0.5) is 11.4 Å². The molecule has 0 saturated carbocycles. The second-order valence-electron chi connectivity index (χ2n) is 5.95. The van der Waals surface area contributed by atoms with Crippen LogP contribution in [0.25, 0.3) is 0 Å². The molecule has 1 saturated heterocycles. The van der Waals surface area contributed by atoms with Gasteiger partial charge in [0.2, 0.25) is 5.91 Å². The number of nitrogens with zero attached hydrogens (tertiary/aromatic N) is 1. The maximum Gasteiger partial charge on any atom is 0.226 e. The molecule has 0 bridgehead atoms. The molecule has 1 aromatic carbocycles. The SMILES string of the molecule is CC(C)OCCC(=O)Nc1ccccc1N1CCC(O)CC1. The number of benzene rings is 1. The van der Waals surface area contributed by atoms with Gasteiger partial charge in [-0.2, -0.15) is 0 Å². The minimum atomic E-state index is -0.203. The molecular formula is C17H26N2O3. The third-order valence-electron chi connectivity index (χ3n) is 3.76. The normalized spacial score (nSPS) is 16.1. The predicted octanol–water partition coefficient (Wildman–Crippen LogP) is 2.40. The van der Waals surface area contributed by atoms with Crippen LogP contribution in [-0.4, -0.2) is 42.9 Å². The van der Waals surface area contributed by atoms with Crippen molar-refractivity contribution in [3.63, 3.8) is 0 Å². The Morgan fingerprint density at radius 3 is 2.73 bits per heavy atom. The number of hydrogen-bond donors (Lipinski definition) is 2. The van der Waals surface area contributed by atoms with E-state index < -0.39 is 0 Å². The summed E-state index contributed by atoms with van der Waals surface area (Å²) in [6.45, 7) is 5.96. The van der Waals surface area contributed by atoms with Crippen LogP contribution < -0.4 is 10.2 Å². The summed E-state index contributed by atoms with van der Waals surface area (Å²) in [6, 6.07) is 7.82. The van der Waals surface area contributed by atoms with Gasteiger partial charge in [-0.05, 0) is 38.8 Å². The number of aliphatic hydroxyl groups is 1. The zero-order valence-corrected chi connectivity index (χ0v) is 13.4. The fourth-order valence-electron chi connectivity index (χ4n) is 2.56. The summed E-state index contributed by atoms with van der Waals surface area (Å²) in [7, 11) is 0. The molecule has 0 unspecified atom stereocenters. The molecule has 0 aliphatic carbocycles. The topological polar surface area (TPSA) is 61.8 Å². The van der Waals surface area contributed by atoms with Crippen LogP contribution in [0.1, 0.15) is 33.1 Å². The number of amides is 1. The van der Waals surface area contributed by atoms with Gasteiger partial charge in [-0.25, -0.2) is 0 Å². The number of anilines is 2. The van der Waals surface area contributed by atoms with Gasteiger partial charge in [-0.1, -0.05) is 12.1 Å². The van der Waals surface area contributed by atoms with Crippen LogP contribution in [0.15, 0.2) is 24.3 Å². The Morgan fingerprint density at radius 1 is 1.36 bits per heavy atom. The zero-order valence-electron chi connectivity index (χ0n) is 13.4. The maximum atomic E-state index is 12.0. The van der Waals surface area contributed by atoms with Crippen molar-refractivity contribution in [2.24, 2.45) is 0 Å². The van der Waals surface area contributed by atoms with Crippen molar-refractivity contribution < 1.29 is 14.6 Å². The van der Waals surface area contributed by atoms with Crippen LogP contribution in [0.5, 0.6) is 0 Å². The molecule has 2 rings (SSSR count). The number of hydrogen-bond acceptors (Lipinski definition) is 4. The average molecular weight is 306 g/mol. The van der Waals surface area contributed by atoms with E-state index in [4.69, 9.17) is 4.74 Å². The third-order valence-corrected chi connectivity index (χ3v) is 3.76. The highest BCUT2D eigenvalue weighted by Crippen LogP contribution is 2.28. The lowest BCUT2D eigenvalue weighted by molar-refractivity contribution is -0.117. The first-order valence-corrected chi connectivity index (χ1v) is 7.99. The highest BCUT2D eigenvalue weighted by molar-refractivity contribution is 5.94. The molecule has 22 heavy (non-hydrogen) atoms. The summed E-state index contributed by atoms with van der Waals surface area (Å²) < 4.78 is 5.41. The fourth-order valence-corrected chi connectivity index (χ4v) is 2.56. The van der Waals surface area contributed by atoms with E-state index in [1.807, 2.05) is 38.1 Å². The molecule has 122 valence electrons. The van der Waals surface area contributed by atoms with Crippen molar-refractivity contribution >= 4 is 17.3 Å². The molecule has 0 aromatic heterocycles. The van der Waals surface area contributed by atoms with Gasteiger partial charge in [0.1, 0.15) is 0 Å². The van der Waals surface area contributed by atoms with Gasteiger partial charge in [-0.3, -0.25) is 4.79 Å². The molecule has 1 heterocycles. The predicted molar refractivity (Wildman–Crippen MR) is 88.2 cm³/mol. The van der Waals surface area contributed by atoms with E-state index in [1.165, 1.54) is 0 Å². The van der Waals surface area contributed by atoms with Crippen molar-refractivity contribution in [2.75, 3.05) is 29.9 Å². The Kier molecular flexibility index (Phi) is 6.21. The molecular weight excluding hydrogens is 280 g/mol. The molecule has 0 atom stereocenters. The van der Waals surface area contributed by atoms with Crippen LogP contribution in [0.2, 0.25) is 0 Å². The van der Waals surface area contributed by atoms with Gasteiger partial charge in [0.05, 0.1) is 36.6 Å². The molecule has 1 aliphatic rings. The monoisotopic (exact) mass is 306 g/mol. The summed E-state index contributed by atoms with van der Waals surface area (Å²) in [5, 5.41) is 12.6. The smallest absolute Gasteiger partial charge is 0.226 e. The van der Waals surface area contributed by atoms with Crippen molar-refractivity contribution in [3.8, 4) is 0 Å². The average Bonchev–Trinajstić information content (AvgIpc) is 2.48. The molecule has 0 spiro atoms. The first-order valence-electron chi connectivity index (χ1n) is 7.99. The van der Waals surface area contributed by atoms with Gasteiger partial charge in [0.25, 0.3) is 0 Å². The minimum Gasteiger partial charge on any atom is -0.393 e. The number of nitrogens with one attached hydrogen (secondary N) is 1. The Labute approximate surface area is 132 Å². The number of para-hydroxylation sites is 2. The standard InChI is InChI=1S/C17H26N2O3/c1-13(2)22-12-9-17(21)18-15-5-3-4-6-16(15)19-10-7-14(20)8-11-19/h3-6,13-14,20H,7-12H2,1-2H3,(H,18,21). The number of carbonyl (C=O) groups is 1. The Hall–Kier alpha value is -1.59. The summed E-state index contributed by atoms with van der Waals surface area (Å²) in [6.07, 6.45) is 1.83. The summed E-state index contributed by atoms with van der Waals surface area (Å²) in [4.78, 5) is 14.2. The van der Waals surface area contributed by atoms with E-state index in [-0.39, 0.29) is 18.1 Å². The molecule has 5 nitrogen and oxygen atoms in total. The first kappa shape index (κ1) is 16.8. The molecule has 1 fully saturated rings. The van der Waals surface area contributed by atoms with Gasteiger partial charge >= 0.3 is 0 Å². The second kappa shape index (κ2) is 8.15. The number of aliphatic hydroxyl groups excluding tert-OH is 1. The van der Waals surface area contributed by atoms with Crippen molar-refractivity contribution in [1.82, 2.24) is 0 Å². The summed E-state index contributed by atoms with van der Waals surface area (Å²) in [5.41, 5.74) is 1.85. The lowest BCUT2D eigenvalue weighted by Crippen LogP contribution is -2.36. The van der Waals surface area contributed by atoms with Crippen molar-refractivity contribution in [1.29, 1.82) is 0 Å². The number of ether oxygens (including phenoxy) is 1. The van der Waals surface area contributed by atoms with E-state index in [0.29, 0.717) is 13.0 Å². The van der Waals surface area contributed by atoms with E-state index in [9.17, 15) is 9.90 Å². The largest absolute Gasteiger partial charge is 0.393 e. The first-order chi connectivity index (χ1) is 10.6. The molecule has 5 heteroatoms. The highest BCUT2D eigenvalue weighted by Gasteiger charge is 2.19. The van der Waals surface area contributed by atoms with Gasteiger partial charge in [-0.15, -0.1) is 0 Å². The molecule has 1 amide bonds. The summed E-state index contributed by atoms with van der Waals surface area (Å²) in [5.74, 6) is -0.0369. The third kappa shape index (κ3) is 5.00. The second-order valence-corrected chi connectivity index (χ2v) is 5.95. The van der Waals surface area contributed by atoms with Crippen LogP contribution in [0.3, 0.4) is 0 Å². The Balaban J connectivity index is 1.95. The zero-order chi connectivity index (χ0) is 15.9. The number of rotatable bonds is 6. The van der Waals surface area contributed by atoms with Crippen molar-refractivity contribution in [3.05, 3.63) is 24.3 Å².